The van der Waals surface area contributed by atoms with Gasteiger partial charge in [-0.15, -0.1) is 0 Å². The summed E-state index contributed by atoms with van der Waals surface area (Å²) in [5.41, 5.74) is 4.11. The highest BCUT2D eigenvalue weighted by molar-refractivity contribution is 5.82. The van der Waals surface area contributed by atoms with Gasteiger partial charge >= 0.3 is 5.97 Å². The SMILES string of the molecule is CCCNCC1=CC2CCCCC2C(CC(=O)CC(CCc2ccc(O)c(OC)c2)OC(C)=O)c2cc(OC)c(O)cc21. The van der Waals surface area contributed by atoms with Crippen molar-refractivity contribution in [3.63, 3.8) is 0 Å². The largest absolute Gasteiger partial charge is 0.504 e. The van der Waals surface area contributed by atoms with E-state index in [0.29, 0.717) is 49.1 Å². The van der Waals surface area contributed by atoms with E-state index in [9.17, 15) is 19.8 Å². The van der Waals surface area contributed by atoms with Gasteiger partial charge in [-0.3, -0.25) is 9.59 Å². The number of carbonyl (C=O) groups is 2. The minimum absolute atomic E-state index is 0.0402. The van der Waals surface area contributed by atoms with Crippen molar-refractivity contribution in [3.8, 4) is 23.0 Å². The number of hydrogen-bond donors (Lipinski definition) is 3. The van der Waals surface area contributed by atoms with Gasteiger partial charge in [0.1, 0.15) is 11.9 Å². The van der Waals surface area contributed by atoms with E-state index in [-0.39, 0.29) is 29.6 Å². The minimum Gasteiger partial charge on any atom is -0.504 e. The molecule has 4 rings (SSSR count). The van der Waals surface area contributed by atoms with Gasteiger partial charge in [-0.05, 0) is 103 Å². The molecule has 3 N–H and O–H groups in total. The number of nitrogens with one attached hydrogen (secondary N) is 1. The quantitative estimate of drug-likeness (QED) is 0.172. The van der Waals surface area contributed by atoms with Crippen molar-refractivity contribution in [1.82, 2.24) is 5.32 Å². The second-order valence-corrected chi connectivity index (χ2v) is 11.9. The fourth-order valence-corrected chi connectivity index (χ4v) is 6.85. The molecule has 4 atom stereocenters. The number of benzene rings is 2. The van der Waals surface area contributed by atoms with E-state index in [1.54, 1.807) is 31.4 Å². The smallest absolute Gasteiger partial charge is 0.302 e. The van der Waals surface area contributed by atoms with Crippen LogP contribution in [0.25, 0.3) is 5.57 Å². The molecule has 8 heteroatoms. The van der Waals surface area contributed by atoms with E-state index in [1.165, 1.54) is 14.0 Å². The predicted octanol–water partition coefficient (Wildman–Crippen LogP) is 6.32. The number of fused-ring (bicyclic) bond motifs is 2. The Bertz CT molecular complexity index is 1300. The number of hydrogen-bond acceptors (Lipinski definition) is 8. The van der Waals surface area contributed by atoms with Gasteiger partial charge in [0.05, 0.1) is 14.2 Å². The Morgan fingerprint density at radius 1 is 1.02 bits per heavy atom. The molecule has 2 aliphatic rings. The number of ether oxygens (including phenoxy) is 3. The summed E-state index contributed by atoms with van der Waals surface area (Å²) in [5, 5.41) is 24.2. The highest BCUT2D eigenvalue weighted by atomic mass is 16.5. The van der Waals surface area contributed by atoms with Crippen LogP contribution in [0.1, 0.15) is 87.8 Å². The molecule has 4 unspecified atom stereocenters. The maximum atomic E-state index is 13.8. The van der Waals surface area contributed by atoms with Crippen LogP contribution in [0.4, 0.5) is 0 Å². The number of aromatic hydroxyl groups is 2. The lowest BCUT2D eigenvalue weighted by Gasteiger charge is -2.35. The first-order valence-electron chi connectivity index (χ1n) is 15.6. The number of allylic oxidation sites excluding steroid dienone is 1. The van der Waals surface area contributed by atoms with Crippen molar-refractivity contribution in [2.45, 2.75) is 83.7 Å². The number of rotatable bonds is 14. The van der Waals surface area contributed by atoms with Gasteiger partial charge in [-0.2, -0.15) is 0 Å². The first-order valence-corrected chi connectivity index (χ1v) is 15.6. The molecule has 0 amide bonds. The lowest BCUT2D eigenvalue weighted by molar-refractivity contribution is -0.147. The van der Waals surface area contributed by atoms with Gasteiger partial charge in [0.15, 0.2) is 23.0 Å². The van der Waals surface area contributed by atoms with Crippen LogP contribution < -0.4 is 14.8 Å². The summed E-state index contributed by atoms with van der Waals surface area (Å²) < 4.78 is 16.4. The molecule has 234 valence electrons. The van der Waals surface area contributed by atoms with E-state index < -0.39 is 12.1 Å². The maximum absolute atomic E-state index is 13.8. The predicted molar refractivity (Wildman–Crippen MR) is 167 cm³/mol. The molecule has 0 radical (unpaired) electrons. The summed E-state index contributed by atoms with van der Waals surface area (Å²) in [6.45, 7) is 5.11. The zero-order valence-electron chi connectivity index (χ0n) is 26.0. The van der Waals surface area contributed by atoms with Crippen molar-refractivity contribution in [2.75, 3.05) is 27.3 Å². The summed E-state index contributed by atoms with van der Waals surface area (Å²) in [7, 11) is 3.05. The molecular weight excluding hydrogens is 546 g/mol. The third-order valence-electron chi connectivity index (χ3n) is 8.88. The fourth-order valence-electron chi connectivity index (χ4n) is 6.85. The van der Waals surface area contributed by atoms with Gasteiger partial charge in [0.25, 0.3) is 0 Å². The normalized spacial score (nSPS) is 20.2. The van der Waals surface area contributed by atoms with Crippen molar-refractivity contribution in [2.24, 2.45) is 11.8 Å². The summed E-state index contributed by atoms with van der Waals surface area (Å²) in [6.07, 6.45) is 8.76. The molecule has 0 spiro atoms. The third-order valence-corrected chi connectivity index (χ3v) is 8.88. The number of phenols is 2. The lowest BCUT2D eigenvalue weighted by atomic mass is 9.69. The molecule has 8 nitrogen and oxygen atoms in total. The third kappa shape index (κ3) is 8.31. The van der Waals surface area contributed by atoms with Crippen molar-refractivity contribution >= 4 is 17.3 Å². The standard InChI is InChI=1S/C35H47NO7/c1-5-14-36-21-25-16-24-8-6-7-9-28(24)30(31-20-35(42-4)33(40)19-29(25)31)18-26(38)17-27(43-22(2)37)12-10-23-11-13-32(39)34(15-23)41-3/h11,13,15-16,19-20,24,27-28,30,36,39-40H,5-10,12,14,17-18,21H2,1-4H3. The first kappa shape index (κ1) is 32.4. The molecule has 0 aliphatic heterocycles. The second kappa shape index (κ2) is 15.3. The molecule has 0 saturated heterocycles. The van der Waals surface area contributed by atoms with Crippen molar-refractivity contribution in [1.29, 1.82) is 0 Å². The molecule has 0 heterocycles. The molecular formula is C35H47NO7. The van der Waals surface area contributed by atoms with Crippen LogP contribution in [-0.2, 0) is 20.7 Å². The molecule has 1 fully saturated rings. The average Bonchev–Trinajstić information content (AvgIpc) is 3.10. The zero-order chi connectivity index (χ0) is 30.9. The number of ketones is 1. The molecule has 2 aliphatic carbocycles. The Hall–Kier alpha value is -3.52. The van der Waals surface area contributed by atoms with Crippen molar-refractivity contribution in [3.05, 3.63) is 53.1 Å². The Morgan fingerprint density at radius 3 is 2.49 bits per heavy atom. The molecule has 2 aromatic rings. The Balaban J connectivity index is 1.59. The van der Waals surface area contributed by atoms with E-state index in [0.717, 1.165) is 60.9 Å². The molecule has 1 saturated carbocycles. The van der Waals surface area contributed by atoms with Crippen LogP contribution in [0.3, 0.4) is 0 Å². The molecule has 0 bridgehead atoms. The molecule has 2 aromatic carbocycles. The Morgan fingerprint density at radius 2 is 1.77 bits per heavy atom. The number of carbonyl (C=O) groups excluding carboxylic acids is 2. The number of phenolic OH excluding ortho intramolecular Hbond substituents is 2. The summed E-state index contributed by atoms with van der Waals surface area (Å²) >= 11 is 0. The highest BCUT2D eigenvalue weighted by Crippen LogP contribution is 2.50. The van der Waals surface area contributed by atoms with Crippen LogP contribution in [0.5, 0.6) is 23.0 Å². The number of methoxy groups -OCH3 is 2. The van der Waals surface area contributed by atoms with Crippen molar-refractivity contribution < 1.29 is 34.0 Å². The topological polar surface area (TPSA) is 114 Å². The van der Waals surface area contributed by atoms with Gasteiger partial charge in [0, 0.05) is 26.3 Å². The number of Topliss-reactive ketones (excluding diaryl/α,β-unsaturated/α-hetero) is 1. The van der Waals surface area contributed by atoms with Crippen LogP contribution in [0.2, 0.25) is 0 Å². The minimum atomic E-state index is -0.557. The van der Waals surface area contributed by atoms with E-state index in [2.05, 4.69) is 18.3 Å². The van der Waals surface area contributed by atoms with Gasteiger partial charge in [-0.25, -0.2) is 0 Å². The second-order valence-electron chi connectivity index (χ2n) is 11.9. The van der Waals surface area contributed by atoms with E-state index in [4.69, 9.17) is 14.2 Å². The lowest BCUT2D eigenvalue weighted by Crippen LogP contribution is -2.27. The highest BCUT2D eigenvalue weighted by Gasteiger charge is 2.38. The average molecular weight is 594 g/mol. The maximum Gasteiger partial charge on any atom is 0.302 e. The van der Waals surface area contributed by atoms with Crippen LogP contribution in [0, 0.1) is 11.8 Å². The van der Waals surface area contributed by atoms with Crippen LogP contribution in [-0.4, -0.2) is 55.4 Å². The summed E-state index contributed by atoms with van der Waals surface area (Å²) in [5.74, 6) is 1.19. The summed E-state index contributed by atoms with van der Waals surface area (Å²) in [6, 6.07) is 8.87. The van der Waals surface area contributed by atoms with E-state index in [1.807, 2.05) is 6.07 Å². The Labute approximate surface area is 255 Å². The monoisotopic (exact) mass is 593 g/mol. The van der Waals surface area contributed by atoms with Crippen LogP contribution >= 0.6 is 0 Å². The number of esters is 1. The van der Waals surface area contributed by atoms with Crippen LogP contribution in [0.15, 0.2) is 36.4 Å². The molecule has 0 aromatic heterocycles. The van der Waals surface area contributed by atoms with Gasteiger partial charge in [0.2, 0.25) is 0 Å². The van der Waals surface area contributed by atoms with E-state index >= 15 is 0 Å². The summed E-state index contributed by atoms with van der Waals surface area (Å²) in [4.78, 5) is 25.8. The van der Waals surface area contributed by atoms with Gasteiger partial charge < -0.3 is 29.7 Å². The first-order chi connectivity index (χ1) is 20.7. The zero-order valence-corrected chi connectivity index (χ0v) is 26.0. The number of aryl methyl sites for hydroxylation is 1. The molecule has 43 heavy (non-hydrogen) atoms. The Kier molecular flexibility index (Phi) is 11.5. The van der Waals surface area contributed by atoms with Gasteiger partial charge in [-0.1, -0.05) is 31.9 Å². The fraction of sp³-hybridized carbons (Fsp3) is 0.543.